The van der Waals surface area contributed by atoms with Gasteiger partial charge in [0.05, 0.1) is 0 Å². The smallest absolute Gasteiger partial charge is 0.164 e. The van der Waals surface area contributed by atoms with Crippen molar-refractivity contribution >= 4 is 16.3 Å². The van der Waals surface area contributed by atoms with Crippen molar-refractivity contribution in [1.82, 2.24) is 29.9 Å². The molecule has 306 valence electrons. The van der Waals surface area contributed by atoms with Gasteiger partial charge in [-0.1, -0.05) is 225 Å². The zero-order chi connectivity index (χ0) is 43.7. The molecule has 0 amide bonds. The lowest BCUT2D eigenvalue weighted by molar-refractivity contribution is 1.04. The molecule has 9 aromatic rings. The molecule has 0 aliphatic heterocycles. The molecule has 6 nitrogen and oxygen atoms in total. The van der Waals surface area contributed by atoms with Crippen LogP contribution in [0.4, 0.5) is 0 Å². The van der Waals surface area contributed by atoms with Gasteiger partial charge in [0, 0.05) is 33.4 Å². The normalized spacial score (nSPS) is 11.4. The van der Waals surface area contributed by atoms with E-state index in [4.69, 9.17) is 29.9 Å². The first-order valence-electron chi connectivity index (χ1n) is 21.3. The van der Waals surface area contributed by atoms with Crippen molar-refractivity contribution in [3.05, 3.63) is 236 Å². The fourth-order valence-electron chi connectivity index (χ4n) is 7.59. The van der Waals surface area contributed by atoms with Crippen molar-refractivity contribution < 1.29 is 0 Å². The molecule has 7 aromatic carbocycles. The first kappa shape index (κ1) is 40.9. The highest BCUT2D eigenvalue weighted by atomic mass is 15.0. The maximum atomic E-state index is 4.94. The highest BCUT2D eigenvalue weighted by Gasteiger charge is 2.15. The van der Waals surface area contributed by atoms with Gasteiger partial charge in [0.15, 0.2) is 34.9 Å². The topological polar surface area (TPSA) is 77.3 Å². The lowest BCUT2D eigenvalue weighted by atomic mass is 9.97. The molecule has 0 radical (unpaired) electrons. The minimum atomic E-state index is 0.604. The Morgan fingerprint density at radius 3 is 1.27 bits per heavy atom. The largest absolute Gasteiger partial charge is 0.208 e. The maximum absolute atomic E-state index is 4.94. The van der Waals surface area contributed by atoms with E-state index in [9.17, 15) is 0 Å². The molecule has 0 bridgehead atoms. The molecule has 0 atom stereocenters. The van der Waals surface area contributed by atoms with Crippen molar-refractivity contribution in [1.29, 1.82) is 0 Å². The number of nitrogens with zero attached hydrogens (tertiary/aromatic N) is 6. The number of hydrogen-bond donors (Lipinski definition) is 0. The Morgan fingerprint density at radius 2 is 0.781 bits per heavy atom. The number of fused-ring (bicyclic) bond motifs is 1. The van der Waals surface area contributed by atoms with Crippen LogP contribution in [0, 0.1) is 6.92 Å². The van der Waals surface area contributed by atoms with Crippen LogP contribution in [-0.2, 0) is 0 Å². The summed E-state index contributed by atoms with van der Waals surface area (Å²) in [4.78, 5) is 29.5. The molecule has 0 fully saturated rings. The van der Waals surface area contributed by atoms with E-state index < -0.39 is 0 Å². The van der Waals surface area contributed by atoms with Crippen LogP contribution < -0.4 is 0 Å². The van der Waals surface area contributed by atoms with Crippen molar-refractivity contribution in [3.8, 4) is 79.2 Å². The second-order valence-corrected chi connectivity index (χ2v) is 15.2. The van der Waals surface area contributed by atoms with Crippen LogP contribution >= 0.6 is 0 Å². The first-order chi connectivity index (χ1) is 31.5. The number of allylic oxidation sites excluding steroid dienone is 5. The van der Waals surface area contributed by atoms with E-state index in [2.05, 4.69) is 117 Å². The molecular weight excluding hydrogens is 781 g/mol. The minimum absolute atomic E-state index is 0.604. The minimum Gasteiger partial charge on any atom is -0.208 e. The van der Waals surface area contributed by atoms with Gasteiger partial charge in [-0.05, 0) is 52.4 Å². The number of rotatable bonds is 10. The van der Waals surface area contributed by atoms with Crippen LogP contribution in [0.5, 0.6) is 0 Å². The van der Waals surface area contributed by atoms with E-state index in [1.54, 1.807) is 6.08 Å². The predicted molar refractivity (Wildman–Crippen MR) is 264 cm³/mol. The van der Waals surface area contributed by atoms with Gasteiger partial charge < -0.3 is 0 Å². The van der Waals surface area contributed by atoms with Crippen molar-refractivity contribution in [2.75, 3.05) is 0 Å². The molecule has 0 unspecified atom stereocenters. The summed E-state index contributed by atoms with van der Waals surface area (Å²) in [6.45, 7) is 7.98. The molecule has 0 aliphatic carbocycles. The highest BCUT2D eigenvalue weighted by Crippen LogP contribution is 2.32. The van der Waals surface area contributed by atoms with Crippen LogP contribution in [0.15, 0.2) is 225 Å². The predicted octanol–water partition coefficient (Wildman–Crippen LogP) is 14.5. The third-order valence-electron chi connectivity index (χ3n) is 11.0. The molecule has 0 saturated carbocycles. The number of aryl methyl sites for hydroxylation is 1. The summed E-state index contributed by atoms with van der Waals surface area (Å²) in [5.74, 6) is 3.74. The van der Waals surface area contributed by atoms with Crippen molar-refractivity contribution in [2.24, 2.45) is 0 Å². The highest BCUT2D eigenvalue weighted by molar-refractivity contribution is 5.96. The molecule has 2 aromatic heterocycles. The van der Waals surface area contributed by atoms with Gasteiger partial charge in [0.25, 0.3) is 0 Å². The van der Waals surface area contributed by atoms with Gasteiger partial charge in [-0.15, -0.1) is 0 Å². The van der Waals surface area contributed by atoms with E-state index in [-0.39, 0.29) is 0 Å². The summed E-state index contributed by atoms with van der Waals surface area (Å²) in [6.07, 6.45) is 7.60. The summed E-state index contributed by atoms with van der Waals surface area (Å²) in [5.41, 5.74) is 11.1. The molecular formula is C58H44N6. The van der Waals surface area contributed by atoms with Crippen molar-refractivity contribution in [2.45, 2.75) is 13.8 Å². The SMILES string of the molecule is C=C/C=C\C(=C/C)c1nc(-c2ccccc2)nc(-c2ccc(-c3cccc4ccccc(-c5ccc(-c6nc(-c7ccccc7)nc(-c7ccccc7)n6)cc5)c(C)ccc34)cc2)n1. The summed E-state index contributed by atoms with van der Waals surface area (Å²) in [6, 6.07) is 66.5. The molecule has 2 heterocycles. The summed E-state index contributed by atoms with van der Waals surface area (Å²) in [7, 11) is 0. The lowest BCUT2D eigenvalue weighted by Crippen LogP contribution is -2.02. The van der Waals surface area contributed by atoms with Crippen LogP contribution in [0.25, 0.3) is 95.5 Å². The van der Waals surface area contributed by atoms with Gasteiger partial charge in [0.2, 0.25) is 0 Å². The number of aromatic nitrogens is 6. The van der Waals surface area contributed by atoms with Gasteiger partial charge in [-0.25, -0.2) is 29.9 Å². The van der Waals surface area contributed by atoms with E-state index >= 15 is 0 Å². The lowest BCUT2D eigenvalue weighted by Gasteiger charge is -2.10. The van der Waals surface area contributed by atoms with E-state index in [1.165, 1.54) is 0 Å². The third kappa shape index (κ3) is 9.08. The zero-order valence-electron chi connectivity index (χ0n) is 35.7. The standard InChI is InChI=1S/C58H44N6/c1-4-6-19-41(5-2)53-59-54(45-21-10-7-11-22-45)62-57(60-53)49-37-33-44(34-38-49)51-29-18-27-42-20-16-17-28-50(40(3)30-39-52(42)51)43-31-35-48(36-32-43)58-63-55(46-23-12-8-13-24-46)61-56(64-58)47-25-14-9-15-26-47/h4-39H,1H2,2-3H3/b17-16?,19-6-,20-16?,28-17?,39-30?,40-30?,41-5+,42-20?,50-28?,50-40?,52-39?. The first-order valence-corrected chi connectivity index (χ1v) is 21.3. The van der Waals surface area contributed by atoms with Gasteiger partial charge >= 0.3 is 0 Å². The Balaban J connectivity index is 1.05. The Bertz CT molecular complexity index is 3160. The Hall–Kier alpha value is -8.48. The third-order valence-corrected chi connectivity index (χ3v) is 11.0. The second-order valence-electron chi connectivity index (χ2n) is 15.2. The number of benzene rings is 6. The summed E-state index contributed by atoms with van der Waals surface area (Å²) >= 11 is 0. The van der Waals surface area contributed by atoms with Gasteiger partial charge in [-0.2, -0.15) is 0 Å². The van der Waals surface area contributed by atoms with Gasteiger partial charge in [-0.3, -0.25) is 0 Å². The fourth-order valence-corrected chi connectivity index (χ4v) is 7.59. The molecule has 0 aliphatic rings. The second kappa shape index (κ2) is 19.1. The number of hydrogen-bond acceptors (Lipinski definition) is 6. The quantitative estimate of drug-likeness (QED) is 0.128. The molecule has 0 spiro atoms. The van der Waals surface area contributed by atoms with Gasteiger partial charge in [0.1, 0.15) is 0 Å². The average Bonchev–Trinajstić information content (AvgIpc) is 3.36. The Labute approximate surface area is 374 Å². The van der Waals surface area contributed by atoms with Crippen molar-refractivity contribution in [3.63, 3.8) is 0 Å². The molecule has 0 N–H and O–H groups in total. The average molecular weight is 825 g/mol. The molecule has 64 heavy (non-hydrogen) atoms. The Morgan fingerprint density at radius 1 is 0.391 bits per heavy atom. The zero-order valence-corrected chi connectivity index (χ0v) is 35.7. The maximum Gasteiger partial charge on any atom is 0.164 e. The van der Waals surface area contributed by atoms with Crippen LogP contribution in [0.3, 0.4) is 0 Å². The summed E-state index contributed by atoms with van der Waals surface area (Å²) < 4.78 is 0. The van der Waals surface area contributed by atoms with Crippen LogP contribution in [0.1, 0.15) is 18.3 Å². The van der Waals surface area contributed by atoms with Crippen LogP contribution in [0.2, 0.25) is 0 Å². The monoisotopic (exact) mass is 824 g/mol. The van der Waals surface area contributed by atoms with Crippen LogP contribution in [-0.4, -0.2) is 29.9 Å². The summed E-state index contributed by atoms with van der Waals surface area (Å²) in [5, 5.41) is 2.26. The molecule has 6 heteroatoms. The Kier molecular flexibility index (Phi) is 12.2. The van der Waals surface area contributed by atoms with E-state index in [0.29, 0.717) is 34.9 Å². The van der Waals surface area contributed by atoms with E-state index in [0.717, 1.165) is 72.0 Å². The molecule has 9 rings (SSSR count). The van der Waals surface area contributed by atoms with E-state index in [1.807, 2.05) is 116 Å². The molecule has 0 saturated heterocycles. The fraction of sp³-hybridized carbons (Fsp3) is 0.0345.